The van der Waals surface area contributed by atoms with Crippen LogP contribution in [0, 0.1) is 0 Å². The SMILES string of the molecule is CCN(CC)c1ccc(NC(=O)CCCC(=O)ON2C(=O)CCC2=O)cc1. The molecule has 27 heavy (non-hydrogen) atoms. The minimum absolute atomic E-state index is 0.0502. The Morgan fingerprint density at radius 3 is 2.19 bits per heavy atom. The van der Waals surface area contributed by atoms with E-state index in [1.54, 1.807) is 0 Å². The number of nitrogens with one attached hydrogen (secondary N) is 1. The first kappa shape index (κ1) is 20.4. The molecule has 2 rings (SSSR count). The number of carbonyl (C=O) groups excluding carboxylic acids is 4. The molecule has 1 aliphatic heterocycles. The number of hydrogen-bond acceptors (Lipinski definition) is 6. The molecule has 0 spiro atoms. The summed E-state index contributed by atoms with van der Waals surface area (Å²) in [6, 6.07) is 7.57. The standard InChI is InChI=1S/C19H25N3O5/c1-3-21(4-2)15-10-8-14(9-11-15)20-16(23)6-5-7-19(26)27-22-17(24)12-13-18(22)25/h8-11H,3-7,12-13H2,1-2H3,(H,20,23). The summed E-state index contributed by atoms with van der Waals surface area (Å²) in [5, 5.41) is 3.29. The van der Waals surface area contributed by atoms with E-state index in [9.17, 15) is 19.2 Å². The number of carbonyl (C=O) groups is 4. The molecule has 0 radical (unpaired) electrons. The first-order chi connectivity index (χ1) is 12.9. The molecule has 1 heterocycles. The van der Waals surface area contributed by atoms with Crippen molar-refractivity contribution >= 4 is 35.1 Å². The fraction of sp³-hybridized carbons (Fsp3) is 0.474. The number of nitrogens with zero attached hydrogens (tertiary/aromatic N) is 2. The van der Waals surface area contributed by atoms with Crippen LogP contribution in [0.4, 0.5) is 11.4 Å². The topological polar surface area (TPSA) is 96.0 Å². The number of hydroxylamine groups is 2. The molecule has 0 aliphatic carbocycles. The quantitative estimate of drug-likeness (QED) is 0.665. The molecule has 8 nitrogen and oxygen atoms in total. The Morgan fingerprint density at radius 1 is 1.04 bits per heavy atom. The molecular formula is C19H25N3O5. The third-order valence-corrected chi connectivity index (χ3v) is 4.26. The molecule has 3 amide bonds. The van der Waals surface area contributed by atoms with Gasteiger partial charge in [0.1, 0.15) is 0 Å². The highest BCUT2D eigenvalue weighted by atomic mass is 16.7. The largest absolute Gasteiger partial charge is 0.372 e. The van der Waals surface area contributed by atoms with E-state index in [2.05, 4.69) is 24.1 Å². The van der Waals surface area contributed by atoms with Crippen LogP contribution in [0.5, 0.6) is 0 Å². The summed E-state index contributed by atoms with van der Waals surface area (Å²) in [6.07, 6.45) is 0.460. The number of rotatable bonds is 9. The van der Waals surface area contributed by atoms with Gasteiger partial charge in [-0.15, -0.1) is 5.06 Å². The molecule has 1 fully saturated rings. The molecule has 0 saturated carbocycles. The monoisotopic (exact) mass is 375 g/mol. The Hall–Kier alpha value is -2.90. The fourth-order valence-corrected chi connectivity index (χ4v) is 2.77. The molecule has 0 unspecified atom stereocenters. The molecule has 1 N–H and O–H groups in total. The third kappa shape index (κ3) is 5.80. The summed E-state index contributed by atoms with van der Waals surface area (Å²) in [7, 11) is 0. The van der Waals surface area contributed by atoms with Gasteiger partial charge in [-0.3, -0.25) is 14.4 Å². The van der Waals surface area contributed by atoms with Gasteiger partial charge in [-0.05, 0) is 44.5 Å². The minimum atomic E-state index is -0.699. The second-order valence-electron chi connectivity index (χ2n) is 6.17. The van der Waals surface area contributed by atoms with Crippen molar-refractivity contribution in [3.63, 3.8) is 0 Å². The summed E-state index contributed by atoms with van der Waals surface area (Å²) in [6.45, 7) is 5.99. The second-order valence-corrected chi connectivity index (χ2v) is 6.17. The predicted octanol–water partition coefficient (Wildman–Crippen LogP) is 2.25. The van der Waals surface area contributed by atoms with Crippen LogP contribution in [0.3, 0.4) is 0 Å². The van der Waals surface area contributed by atoms with Crippen LogP contribution in [0.25, 0.3) is 0 Å². The average Bonchev–Trinajstić information content (AvgIpc) is 2.96. The Bertz CT molecular complexity index is 682. The molecule has 0 atom stereocenters. The van der Waals surface area contributed by atoms with Gasteiger partial charge in [0.15, 0.2) is 0 Å². The summed E-state index contributed by atoms with van der Waals surface area (Å²) in [5.41, 5.74) is 1.78. The summed E-state index contributed by atoms with van der Waals surface area (Å²) < 4.78 is 0. The van der Waals surface area contributed by atoms with E-state index in [1.807, 2.05) is 24.3 Å². The lowest BCUT2D eigenvalue weighted by Crippen LogP contribution is -2.32. The zero-order chi connectivity index (χ0) is 19.8. The van der Waals surface area contributed by atoms with Crippen molar-refractivity contribution in [1.29, 1.82) is 0 Å². The molecule has 8 heteroatoms. The van der Waals surface area contributed by atoms with Gasteiger partial charge >= 0.3 is 5.97 Å². The molecule has 0 bridgehead atoms. The zero-order valence-electron chi connectivity index (χ0n) is 15.7. The Balaban J connectivity index is 1.72. The molecule has 1 aliphatic rings. The zero-order valence-corrected chi connectivity index (χ0v) is 15.7. The van der Waals surface area contributed by atoms with Crippen LogP contribution in [0.1, 0.15) is 46.0 Å². The van der Waals surface area contributed by atoms with E-state index in [0.717, 1.165) is 18.8 Å². The highest BCUT2D eigenvalue weighted by Crippen LogP contribution is 2.18. The number of benzene rings is 1. The van der Waals surface area contributed by atoms with Crippen molar-refractivity contribution in [2.45, 2.75) is 46.0 Å². The van der Waals surface area contributed by atoms with Gasteiger partial charge in [0.05, 0.1) is 0 Å². The van der Waals surface area contributed by atoms with Crippen LogP contribution in [-0.2, 0) is 24.0 Å². The lowest BCUT2D eigenvalue weighted by molar-refractivity contribution is -0.197. The van der Waals surface area contributed by atoms with E-state index >= 15 is 0 Å². The lowest BCUT2D eigenvalue weighted by Gasteiger charge is -2.21. The van der Waals surface area contributed by atoms with Crippen molar-refractivity contribution < 1.29 is 24.0 Å². The van der Waals surface area contributed by atoms with Crippen molar-refractivity contribution in [2.75, 3.05) is 23.3 Å². The van der Waals surface area contributed by atoms with Gasteiger partial charge in [-0.2, -0.15) is 0 Å². The Kier molecular flexibility index (Phi) is 7.34. The van der Waals surface area contributed by atoms with Crippen molar-refractivity contribution in [2.24, 2.45) is 0 Å². The minimum Gasteiger partial charge on any atom is -0.372 e. The molecule has 0 aromatic heterocycles. The van der Waals surface area contributed by atoms with Crippen LogP contribution < -0.4 is 10.2 Å². The lowest BCUT2D eigenvalue weighted by atomic mass is 10.2. The molecular weight excluding hydrogens is 350 g/mol. The maximum absolute atomic E-state index is 12.0. The van der Waals surface area contributed by atoms with Crippen molar-refractivity contribution in [3.8, 4) is 0 Å². The van der Waals surface area contributed by atoms with Crippen LogP contribution >= 0.6 is 0 Å². The maximum Gasteiger partial charge on any atom is 0.333 e. The predicted molar refractivity (Wildman–Crippen MR) is 99.7 cm³/mol. The normalized spacial score (nSPS) is 13.6. The van der Waals surface area contributed by atoms with Gasteiger partial charge in [0, 0.05) is 50.1 Å². The number of hydrogen-bond donors (Lipinski definition) is 1. The molecule has 1 saturated heterocycles. The summed E-state index contributed by atoms with van der Waals surface area (Å²) >= 11 is 0. The van der Waals surface area contributed by atoms with Crippen molar-refractivity contribution in [3.05, 3.63) is 24.3 Å². The van der Waals surface area contributed by atoms with Gasteiger partial charge < -0.3 is 15.1 Å². The molecule has 1 aromatic carbocycles. The van der Waals surface area contributed by atoms with E-state index < -0.39 is 17.8 Å². The highest BCUT2D eigenvalue weighted by Gasteiger charge is 2.32. The van der Waals surface area contributed by atoms with Gasteiger partial charge in [-0.1, -0.05) is 0 Å². The van der Waals surface area contributed by atoms with E-state index in [4.69, 9.17) is 4.84 Å². The number of amides is 3. The fourth-order valence-electron chi connectivity index (χ4n) is 2.77. The first-order valence-electron chi connectivity index (χ1n) is 9.16. The third-order valence-electron chi connectivity index (χ3n) is 4.26. The summed E-state index contributed by atoms with van der Waals surface area (Å²) in [5.74, 6) is -1.94. The van der Waals surface area contributed by atoms with E-state index in [-0.39, 0.29) is 38.0 Å². The number of anilines is 2. The molecule has 146 valence electrons. The van der Waals surface area contributed by atoms with Crippen molar-refractivity contribution in [1.82, 2.24) is 5.06 Å². The van der Waals surface area contributed by atoms with Crippen LogP contribution in [0.2, 0.25) is 0 Å². The van der Waals surface area contributed by atoms with Gasteiger partial charge in [-0.25, -0.2) is 4.79 Å². The summed E-state index contributed by atoms with van der Waals surface area (Å²) in [4.78, 5) is 53.4. The Morgan fingerprint density at radius 2 is 1.63 bits per heavy atom. The van der Waals surface area contributed by atoms with Crippen LogP contribution in [-0.4, -0.2) is 41.8 Å². The van der Waals surface area contributed by atoms with Crippen LogP contribution in [0.15, 0.2) is 24.3 Å². The highest BCUT2D eigenvalue weighted by molar-refractivity contribution is 6.01. The maximum atomic E-state index is 12.0. The average molecular weight is 375 g/mol. The Labute approximate surface area is 158 Å². The van der Waals surface area contributed by atoms with Gasteiger partial charge in [0.25, 0.3) is 11.8 Å². The van der Waals surface area contributed by atoms with E-state index in [0.29, 0.717) is 10.8 Å². The smallest absolute Gasteiger partial charge is 0.333 e. The number of imide groups is 1. The van der Waals surface area contributed by atoms with E-state index in [1.165, 1.54) is 0 Å². The molecule has 1 aromatic rings. The second kappa shape index (κ2) is 9.70. The van der Waals surface area contributed by atoms with Gasteiger partial charge in [0.2, 0.25) is 5.91 Å². The first-order valence-corrected chi connectivity index (χ1v) is 9.16.